The van der Waals surface area contributed by atoms with Gasteiger partial charge < -0.3 is 20.0 Å². The molecule has 82 valence electrons. The van der Waals surface area contributed by atoms with Crippen LogP contribution in [0.3, 0.4) is 0 Å². The molecule has 0 bridgehead atoms. The topological polar surface area (TPSA) is 62.7 Å². The summed E-state index contributed by atoms with van der Waals surface area (Å²) in [5.41, 5.74) is 5.58. The smallest absolute Gasteiger partial charge is 0.320 e. The molecule has 0 aromatic carbocycles. The minimum Gasteiger partial charge on any atom is -0.467 e. The van der Waals surface area contributed by atoms with Gasteiger partial charge in [-0.3, -0.25) is 0 Å². The van der Waals surface area contributed by atoms with E-state index in [1.165, 1.54) is 0 Å². The summed E-state index contributed by atoms with van der Waals surface area (Å²) >= 11 is 0. The molecule has 1 unspecified atom stereocenters. The van der Waals surface area contributed by atoms with Gasteiger partial charge >= 0.3 is 6.03 Å². The Labute approximate surface area is 88.4 Å². The fourth-order valence-corrected chi connectivity index (χ4v) is 1.79. The van der Waals surface area contributed by atoms with Gasteiger partial charge in [-0.2, -0.15) is 0 Å². The number of nitrogens with two attached hydrogens (primary N) is 1. The van der Waals surface area contributed by atoms with E-state index in [0.29, 0.717) is 19.6 Å². The molecule has 2 amide bonds. The summed E-state index contributed by atoms with van der Waals surface area (Å²) in [7, 11) is 1.78. The van der Waals surface area contributed by atoms with E-state index in [1.54, 1.807) is 23.1 Å². The van der Waals surface area contributed by atoms with Gasteiger partial charge in [-0.05, 0) is 12.1 Å². The van der Waals surface area contributed by atoms with Gasteiger partial charge in [0.25, 0.3) is 0 Å². The molecule has 1 aromatic heterocycles. The average Bonchev–Trinajstić information content (AvgIpc) is 2.82. The fraction of sp³-hybridized carbons (Fsp3) is 0.500. The summed E-state index contributed by atoms with van der Waals surface area (Å²) in [5, 5.41) is 0. The molecule has 2 rings (SSSR count). The Balaban J connectivity index is 2.03. The predicted octanol–water partition coefficient (Wildman–Crippen LogP) is 0.474. The third-order valence-electron chi connectivity index (χ3n) is 2.75. The number of furan rings is 1. The van der Waals surface area contributed by atoms with Crippen LogP contribution < -0.4 is 5.73 Å². The fourth-order valence-electron chi connectivity index (χ4n) is 1.79. The van der Waals surface area contributed by atoms with Gasteiger partial charge in [0.2, 0.25) is 0 Å². The van der Waals surface area contributed by atoms with E-state index in [9.17, 15) is 4.79 Å². The Morgan fingerprint density at radius 1 is 1.67 bits per heavy atom. The van der Waals surface area contributed by atoms with Crippen LogP contribution in [0.25, 0.3) is 0 Å². The average molecular weight is 209 g/mol. The Bertz CT molecular complexity index is 336. The lowest BCUT2D eigenvalue weighted by atomic mass is 10.3. The van der Waals surface area contributed by atoms with Crippen LogP contribution in [0.5, 0.6) is 0 Å². The van der Waals surface area contributed by atoms with E-state index in [0.717, 1.165) is 5.76 Å². The van der Waals surface area contributed by atoms with Crippen molar-refractivity contribution in [1.29, 1.82) is 0 Å². The first-order valence-corrected chi connectivity index (χ1v) is 4.96. The number of hydrogen-bond acceptors (Lipinski definition) is 3. The largest absolute Gasteiger partial charge is 0.467 e. The zero-order valence-corrected chi connectivity index (χ0v) is 8.72. The third kappa shape index (κ3) is 1.83. The second-order valence-corrected chi connectivity index (χ2v) is 3.74. The van der Waals surface area contributed by atoms with Crippen molar-refractivity contribution in [3.05, 3.63) is 24.2 Å². The van der Waals surface area contributed by atoms with Crippen LogP contribution in [0.4, 0.5) is 4.79 Å². The number of nitrogens with zero attached hydrogens (tertiary/aromatic N) is 2. The molecule has 5 heteroatoms. The van der Waals surface area contributed by atoms with Crippen LogP contribution in [-0.4, -0.2) is 42.0 Å². The van der Waals surface area contributed by atoms with E-state index in [1.807, 2.05) is 12.1 Å². The molecule has 0 aliphatic carbocycles. The van der Waals surface area contributed by atoms with E-state index in [-0.39, 0.29) is 12.1 Å². The van der Waals surface area contributed by atoms with Crippen molar-refractivity contribution in [3.63, 3.8) is 0 Å². The molecule has 1 atom stereocenters. The summed E-state index contributed by atoms with van der Waals surface area (Å²) in [5.74, 6) is 0.800. The molecule has 1 fully saturated rings. The second-order valence-electron chi connectivity index (χ2n) is 3.74. The number of hydrogen-bond donors (Lipinski definition) is 1. The van der Waals surface area contributed by atoms with Gasteiger partial charge in [0.15, 0.2) is 0 Å². The molecular weight excluding hydrogens is 194 g/mol. The van der Waals surface area contributed by atoms with Gasteiger partial charge in [-0.1, -0.05) is 0 Å². The molecule has 1 aromatic rings. The third-order valence-corrected chi connectivity index (χ3v) is 2.75. The number of carbonyl (C=O) groups excluding carboxylic acids is 1. The summed E-state index contributed by atoms with van der Waals surface area (Å²) in [6.45, 7) is 1.69. The van der Waals surface area contributed by atoms with Crippen LogP contribution in [0.15, 0.2) is 22.8 Å². The Hall–Kier alpha value is -1.49. The van der Waals surface area contributed by atoms with Crippen molar-refractivity contribution in [3.8, 4) is 0 Å². The lowest BCUT2D eigenvalue weighted by molar-refractivity contribution is 0.191. The van der Waals surface area contributed by atoms with E-state index in [2.05, 4.69) is 0 Å². The van der Waals surface area contributed by atoms with Gasteiger partial charge in [0, 0.05) is 20.1 Å². The lowest BCUT2D eigenvalue weighted by Gasteiger charge is -2.15. The van der Waals surface area contributed by atoms with E-state index in [4.69, 9.17) is 10.2 Å². The van der Waals surface area contributed by atoms with Crippen LogP contribution >= 0.6 is 0 Å². The zero-order chi connectivity index (χ0) is 10.8. The van der Waals surface area contributed by atoms with Gasteiger partial charge in [-0.25, -0.2) is 4.79 Å². The highest BCUT2D eigenvalue weighted by atomic mass is 16.3. The van der Waals surface area contributed by atoms with Crippen molar-refractivity contribution in [2.45, 2.75) is 12.6 Å². The molecule has 0 spiro atoms. The van der Waals surface area contributed by atoms with Crippen LogP contribution in [-0.2, 0) is 6.54 Å². The van der Waals surface area contributed by atoms with Gasteiger partial charge in [-0.15, -0.1) is 0 Å². The van der Waals surface area contributed by atoms with Crippen LogP contribution in [0.2, 0.25) is 0 Å². The monoisotopic (exact) mass is 209 g/mol. The molecule has 0 saturated carbocycles. The number of urea groups is 1. The number of carbonyl (C=O) groups is 1. The first-order valence-electron chi connectivity index (χ1n) is 4.96. The molecule has 0 radical (unpaired) electrons. The Morgan fingerprint density at radius 3 is 3.00 bits per heavy atom. The van der Waals surface area contributed by atoms with E-state index < -0.39 is 0 Å². The SMILES string of the molecule is CN1C(=O)N(Cc2ccco2)CC1CN. The highest BCUT2D eigenvalue weighted by molar-refractivity contribution is 5.76. The normalized spacial score (nSPS) is 21.5. The lowest BCUT2D eigenvalue weighted by Crippen LogP contribution is -2.35. The Kier molecular flexibility index (Phi) is 2.64. The predicted molar refractivity (Wildman–Crippen MR) is 55.1 cm³/mol. The van der Waals surface area contributed by atoms with Crippen molar-refractivity contribution >= 4 is 6.03 Å². The summed E-state index contributed by atoms with van der Waals surface area (Å²) in [4.78, 5) is 15.2. The highest BCUT2D eigenvalue weighted by Crippen LogP contribution is 2.16. The minimum atomic E-state index is 0.0156. The van der Waals surface area contributed by atoms with Crippen LogP contribution in [0, 0.1) is 0 Å². The maximum absolute atomic E-state index is 11.8. The zero-order valence-electron chi connectivity index (χ0n) is 8.72. The maximum atomic E-state index is 11.8. The number of rotatable bonds is 3. The van der Waals surface area contributed by atoms with E-state index >= 15 is 0 Å². The molecule has 15 heavy (non-hydrogen) atoms. The molecule has 5 nitrogen and oxygen atoms in total. The van der Waals surface area contributed by atoms with Gasteiger partial charge in [0.1, 0.15) is 5.76 Å². The van der Waals surface area contributed by atoms with Crippen molar-refractivity contribution < 1.29 is 9.21 Å². The summed E-state index contributed by atoms with van der Waals surface area (Å²) in [6, 6.07) is 3.82. The first kappa shape index (κ1) is 10.0. The van der Waals surface area contributed by atoms with Gasteiger partial charge in [0.05, 0.1) is 18.8 Å². The summed E-state index contributed by atoms with van der Waals surface area (Å²) in [6.07, 6.45) is 1.61. The maximum Gasteiger partial charge on any atom is 0.320 e. The molecule has 1 aliphatic rings. The molecule has 2 N–H and O–H groups in total. The minimum absolute atomic E-state index is 0.0156. The number of likely N-dealkylation sites (N-methyl/N-ethyl adjacent to an activating group) is 1. The standard InChI is InChI=1S/C10H15N3O2/c1-12-8(5-11)6-13(10(12)14)7-9-3-2-4-15-9/h2-4,8H,5-7,11H2,1H3. The first-order chi connectivity index (χ1) is 7.22. The Morgan fingerprint density at radius 2 is 2.47 bits per heavy atom. The van der Waals surface area contributed by atoms with Crippen molar-refractivity contribution in [2.75, 3.05) is 20.1 Å². The molecular formula is C10H15N3O2. The molecule has 2 heterocycles. The summed E-state index contributed by atoms with van der Waals surface area (Å²) < 4.78 is 5.20. The molecule has 1 saturated heterocycles. The second kappa shape index (κ2) is 3.94. The van der Waals surface area contributed by atoms with Crippen molar-refractivity contribution in [1.82, 2.24) is 9.80 Å². The quantitative estimate of drug-likeness (QED) is 0.787. The number of amides is 2. The van der Waals surface area contributed by atoms with Crippen molar-refractivity contribution in [2.24, 2.45) is 5.73 Å². The van der Waals surface area contributed by atoms with Crippen LogP contribution in [0.1, 0.15) is 5.76 Å². The molecule has 1 aliphatic heterocycles. The highest BCUT2D eigenvalue weighted by Gasteiger charge is 2.33.